The maximum absolute atomic E-state index is 11.9. The summed E-state index contributed by atoms with van der Waals surface area (Å²) in [5.41, 5.74) is 5.48. The number of hydrogen-bond donors (Lipinski definition) is 0. The second-order valence-corrected chi connectivity index (χ2v) is 8.92. The summed E-state index contributed by atoms with van der Waals surface area (Å²) in [5, 5.41) is 0. The third-order valence-corrected chi connectivity index (χ3v) is 6.11. The Hall–Kier alpha value is -4.91. The number of hydrogen-bond acceptors (Lipinski definition) is 6. The maximum Gasteiger partial charge on any atom is 0.330 e. The quantitative estimate of drug-likeness (QED) is 0.151. The van der Waals surface area contributed by atoms with Gasteiger partial charge >= 0.3 is 5.97 Å². The summed E-state index contributed by atoms with van der Waals surface area (Å²) >= 11 is 0. The Labute approximate surface area is 227 Å². The summed E-state index contributed by atoms with van der Waals surface area (Å²) in [6, 6.07) is 23.6. The average molecular weight is 520 g/mol. The molecule has 5 rings (SSSR count). The average Bonchev–Trinajstić information content (AvgIpc) is 3.55. The molecule has 0 bridgehead atoms. The van der Waals surface area contributed by atoms with E-state index in [1.165, 1.54) is 6.08 Å². The molecule has 0 aliphatic heterocycles. The van der Waals surface area contributed by atoms with E-state index in [1.54, 1.807) is 19.2 Å². The lowest BCUT2D eigenvalue weighted by Crippen LogP contribution is -1.99. The topological polar surface area (TPSA) is 79.4 Å². The summed E-state index contributed by atoms with van der Waals surface area (Å²) in [5.74, 6) is 1.72. The minimum Gasteiger partial charge on any atom is -0.487 e. The number of aromatic nitrogens is 3. The fourth-order valence-electron chi connectivity index (χ4n) is 4.15. The summed E-state index contributed by atoms with van der Waals surface area (Å²) < 4.78 is 18.9. The van der Waals surface area contributed by atoms with Gasteiger partial charge in [-0.3, -0.25) is 4.98 Å². The van der Waals surface area contributed by atoms with Crippen LogP contribution in [0.1, 0.15) is 29.5 Å². The molecule has 0 N–H and O–H groups in total. The number of oxazole rings is 1. The standard InChI is InChI=1S/C32H29N3O4/c1-3-37-31(36)17-14-26-20-35(21-28(26)29-11-7-8-18-33-29)19-24-12-15-27(16-13-24)38-22-30-23(2)39-32(34-30)25-9-5-4-6-10-25/h4-18,20-21H,3,19,22H2,1-2H3/b17-14+. The third kappa shape index (κ3) is 6.51. The van der Waals surface area contributed by atoms with Gasteiger partial charge in [0.2, 0.25) is 5.89 Å². The van der Waals surface area contributed by atoms with Gasteiger partial charge in [0.1, 0.15) is 23.8 Å². The van der Waals surface area contributed by atoms with E-state index in [0.717, 1.165) is 45.2 Å². The van der Waals surface area contributed by atoms with E-state index in [-0.39, 0.29) is 5.97 Å². The first-order valence-corrected chi connectivity index (χ1v) is 12.8. The van der Waals surface area contributed by atoms with Crippen molar-refractivity contribution in [3.05, 3.63) is 120 Å². The number of esters is 1. The molecule has 0 saturated carbocycles. The molecule has 0 unspecified atom stereocenters. The highest BCUT2D eigenvalue weighted by atomic mass is 16.5. The lowest BCUT2D eigenvalue weighted by atomic mass is 10.1. The van der Waals surface area contributed by atoms with Crippen LogP contribution in [0.25, 0.3) is 28.8 Å². The predicted octanol–water partition coefficient (Wildman–Crippen LogP) is 6.72. The Bertz CT molecular complexity index is 1550. The van der Waals surface area contributed by atoms with Gasteiger partial charge in [0.05, 0.1) is 12.3 Å². The number of ether oxygens (including phenoxy) is 2. The molecule has 3 aromatic heterocycles. The first-order valence-electron chi connectivity index (χ1n) is 12.8. The lowest BCUT2D eigenvalue weighted by molar-refractivity contribution is -0.137. The van der Waals surface area contributed by atoms with E-state index in [0.29, 0.717) is 25.6 Å². The SMILES string of the molecule is CCOC(=O)/C=C/c1cn(Cc2ccc(OCc3nc(-c4ccccc4)oc3C)cc2)cc1-c1ccccn1. The zero-order valence-electron chi connectivity index (χ0n) is 21.9. The van der Waals surface area contributed by atoms with Gasteiger partial charge in [-0.2, -0.15) is 0 Å². The Balaban J connectivity index is 1.26. The second-order valence-electron chi connectivity index (χ2n) is 8.92. The Morgan fingerprint density at radius 2 is 1.79 bits per heavy atom. The molecule has 0 aliphatic rings. The van der Waals surface area contributed by atoms with Crippen molar-refractivity contribution >= 4 is 12.0 Å². The molecule has 0 spiro atoms. The van der Waals surface area contributed by atoms with Crippen molar-refractivity contribution in [3.8, 4) is 28.5 Å². The molecule has 0 atom stereocenters. The van der Waals surface area contributed by atoms with Crippen molar-refractivity contribution in [2.75, 3.05) is 6.61 Å². The van der Waals surface area contributed by atoms with Gasteiger partial charge < -0.3 is 18.5 Å². The zero-order valence-corrected chi connectivity index (χ0v) is 21.9. The molecular formula is C32H29N3O4. The zero-order chi connectivity index (χ0) is 27.0. The summed E-state index contributed by atoms with van der Waals surface area (Å²) in [7, 11) is 0. The Kier molecular flexibility index (Phi) is 7.98. The number of carbonyl (C=O) groups is 1. The van der Waals surface area contributed by atoms with Crippen molar-refractivity contribution in [2.24, 2.45) is 0 Å². The van der Waals surface area contributed by atoms with Crippen LogP contribution in [0.3, 0.4) is 0 Å². The van der Waals surface area contributed by atoms with Gasteiger partial charge in [-0.25, -0.2) is 9.78 Å². The summed E-state index contributed by atoms with van der Waals surface area (Å²) in [6.07, 6.45) is 9.01. The van der Waals surface area contributed by atoms with Crippen molar-refractivity contribution in [3.63, 3.8) is 0 Å². The number of rotatable bonds is 10. The Morgan fingerprint density at radius 3 is 2.54 bits per heavy atom. The van der Waals surface area contributed by atoms with Gasteiger partial charge in [-0.15, -0.1) is 0 Å². The highest BCUT2D eigenvalue weighted by Gasteiger charge is 2.12. The van der Waals surface area contributed by atoms with Crippen LogP contribution >= 0.6 is 0 Å². The number of carbonyl (C=O) groups excluding carboxylic acids is 1. The molecule has 0 aliphatic carbocycles. The minimum absolute atomic E-state index is 0.322. The molecule has 0 radical (unpaired) electrons. The van der Waals surface area contributed by atoms with Gasteiger partial charge in [-0.1, -0.05) is 36.4 Å². The Morgan fingerprint density at radius 1 is 1.00 bits per heavy atom. The first-order chi connectivity index (χ1) is 19.1. The number of nitrogens with zero attached hydrogens (tertiary/aromatic N) is 3. The van der Waals surface area contributed by atoms with E-state index < -0.39 is 0 Å². The molecule has 196 valence electrons. The molecular weight excluding hydrogens is 490 g/mol. The van der Waals surface area contributed by atoms with Gasteiger partial charge in [0.25, 0.3) is 0 Å². The molecule has 0 saturated heterocycles. The monoisotopic (exact) mass is 519 g/mol. The van der Waals surface area contributed by atoms with Crippen molar-refractivity contribution in [1.29, 1.82) is 0 Å². The van der Waals surface area contributed by atoms with Crippen LogP contribution in [-0.4, -0.2) is 27.1 Å². The maximum atomic E-state index is 11.9. The van der Waals surface area contributed by atoms with Gasteiger partial charge in [0.15, 0.2) is 0 Å². The molecule has 3 heterocycles. The highest BCUT2D eigenvalue weighted by molar-refractivity contribution is 5.89. The van der Waals surface area contributed by atoms with Gasteiger partial charge in [-0.05, 0) is 61.9 Å². The molecule has 39 heavy (non-hydrogen) atoms. The van der Waals surface area contributed by atoms with E-state index >= 15 is 0 Å². The van der Waals surface area contributed by atoms with Crippen LogP contribution in [0.15, 0.2) is 102 Å². The minimum atomic E-state index is -0.370. The summed E-state index contributed by atoms with van der Waals surface area (Å²) in [4.78, 5) is 21.0. The molecule has 0 fully saturated rings. The van der Waals surface area contributed by atoms with Crippen LogP contribution in [0.5, 0.6) is 5.75 Å². The molecule has 7 nitrogen and oxygen atoms in total. The third-order valence-electron chi connectivity index (χ3n) is 6.11. The lowest BCUT2D eigenvalue weighted by Gasteiger charge is -2.07. The van der Waals surface area contributed by atoms with Crippen molar-refractivity contribution in [1.82, 2.24) is 14.5 Å². The fourth-order valence-corrected chi connectivity index (χ4v) is 4.15. The normalized spacial score (nSPS) is 11.1. The molecule has 2 aromatic carbocycles. The number of benzene rings is 2. The van der Waals surface area contributed by atoms with Crippen LogP contribution in [0.4, 0.5) is 0 Å². The molecule has 0 amide bonds. The van der Waals surface area contributed by atoms with Crippen molar-refractivity contribution < 1.29 is 18.7 Å². The van der Waals surface area contributed by atoms with E-state index in [2.05, 4.69) is 14.5 Å². The second kappa shape index (κ2) is 12.1. The van der Waals surface area contributed by atoms with Gasteiger partial charge in [0, 0.05) is 47.9 Å². The molecule has 7 heteroatoms. The molecule has 5 aromatic rings. The summed E-state index contributed by atoms with van der Waals surface area (Å²) in [6.45, 7) is 4.99. The largest absolute Gasteiger partial charge is 0.487 e. The first kappa shape index (κ1) is 25.7. The van der Waals surface area contributed by atoms with Crippen LogP contribution < -0.4 is 4.74 Å². The highest BCUT2D eigenvalue weighted by Crippen LogP contribution is 2.26. The van der Waals surface area contributed by atoms with E-state index in [4.69, 9.17) is 13.9 Å². The number of pyridine rings is 1. The van der Waals surface area contributed by atoms with E-state index in [1.807, 2.05) is 92.1 Å². The fraction of sp³-hybridized carbons (Fsp3) is 0.156. The van der Waals surface area contributed by atoms with E-state index in [9.17, 15) is 4.79 Å². The number of aryl methyl sites for hydroxylation is 1. The smallest absolute Gasteiger partial charge is 0.330 e. The van der Waals surface area contributed by atoms with Crippen LogP contribution in [0, 0.1) is 6.92 Å². The van der Waals surface area contributed by atoms with Crippen molar-refractivity contribution in [2.45, 2.75) is 27.0 Å². The van der Waals surface area contributed by atoms with Crippen LogP contribution in [0.2, 0.25) is 0 Å². The van der Waals surface area contributed by atoms with Crippen LogP contribution in [-0.2, 0) is 22.7 Å². The predicted molar refractivity (Wildman–Crippen MR) is 150 cm³/mol.